The summed E-state index contributed by atoms with van der Waals surface area (Å²) in [7, 11) is 0. The van der Waals surface area contributed by atoms with E-state index >= 15 is 0 Å². The first-order valence-corrected chi connectivity index (χ1v) is 5.54. The van der Waals surface area contributed by atoms with Crippen molar-refractivity contribution >= 4 is 33.5 Å². The summed E-state index contributed by atoms with van der Waals surface area (Å²) < 4.78 is 0.530. The van der Waals surface area contributed by atoms with Gasteiger partial charge in [0.15, 0.2) is 0 Å². The van der Waals surface area contributed by atoms with E-state index in [1.807, 2.05) is 13.8 Å². The summed E-state index contributed by atoms with van der Waals surface area (Å²) in [4.78, 5) is 19.0. The van der Waals surface area contributed by atoms with Crippen molar-refractivity contribution < 1.29 is 4.79 Å². The van der Waals surface area contributed by atoms with Gasteiger partial charge in [-0.25, -0.2) is 9.97 Å². The number of primary amides is 1. The second-order valence-corrected chi connectivity index (χ2v) is 4.48. The Kier molecular flexibility index (Phi) is 4.05. The fourth-order valence-electron chi connectivity index (χ4n) is 1.20. The maximum atomic E-state index is 11.2. The fraction of sp³-hybridized carbons (Fsp3) is 0.444. The normalized spacial score (nSPS) is 12.5. The zero-order valence-electron chi connectivity index (χ0n) is 9.07. The zero-order valence-corrected chi connectivity index (χ0v) is 10.7. The Balaban J connectivity index is 2.94. The molecule has 0 saturated carbocycles. The van der Waals surface area contributed by atoms with E-state index in [1.54, 1.807) is 0 Å². The van der Waals surface area contributed by atoms with Crippen molar-refractivity contribution in [1.82, 2.24) is 9.97 Å². The number of hydrogen-bond donors (Lipinski definition) is 3. The molecule has 0 aliphatic heterocycles. The Morgan fingerprint density at radius 3 is 2.62 bits per heavy atom. The smallest absolute Gasteiger partial charge is 0.240 e. The molecular formula is C9H14BrN5O. The Labute approximate surface area is 102 Å². The van der Waals surface area contributed by atoms with Gasteiger partial charge < -0.3 is 16.8 Å². The summed E-state index contributed by atoms with van der Waals surface area (Å²) in [6, 6.07) is -0.495. The van der Waals surface area contributed by atoms with Crippen LogP contribution in [0, 0.1) is 5.92 Å². The molecule has 0 saturated heterocycles. The summed E-state index contributed by atoms with van der Waals surface area (Å²) >= 11 is 3.24. The van der Waals surface area contributed by atoms with Crippen LogP contribution >= 0.6 is 15.9 Å². The molecule has 6 nitrogen and oxygen atoms in total. The van der Waals surface area contributed by atoms with Crippen LogP contribution in [-0.2, 0) is 4.79 Å². The molecule has 0 fully saturated rings. The number of amides is 1. The average Bonchev–Trinajstić information content (AvgIpc) is 2.19. The number of carbonyl (C=O) groups is 1. The third-order valence-electron chi connectivity index (χ3n) is 2.08. The standard InChI is InChI=1S/C9H14BrN5O/c1-4(2)6(8(12)16)15-9-5(10)7(11)13-3-14-9/h3-4,6H,1-2H3,(H2,12,16)(H3,11,13,14,15). The molecular weight excluding hydrogens is 274 g/mol. The van der Waals surface area contributed by atoms with Crippen LogP contribution in [0.5, 0.6) is 0 Å². The van der Waals surface area contributed by atoms with E-state index in [0.29, 0.717) is 16.1 Å². The molecule has 88 valence electrons. The topological polar surface area (TPSA) is 107 Å². The van der Waals surface area contributed by atoms with Crippen molar-refractivity contribution in [3.8, 4) is 0 Å². The number of rotatable bonds is 4. The van der Waals surface area contributed by atoms with E-state index < -0.39 is 11.9 Å². The highest BCUT2D eigenvalue weighted by atomic mass is 79.9. The number of carbonyl (C=O) groups excluding carboxylic acids is 1. The molecule has 1 aromatic heterocycles. The molecule has 1 amide bonds. The summed E-state index contributed by atoms with van der Waals surface area (Å²) in [5, 5.41) is 2.93. The van der Waals surface area contributed by atoms with Crippen molar-refractivity contribution in [3.05, 3.63) is 10.8 Å². The summed E-state index contributed by atoms with van der Waals surface area (Å²) in [5.74, 6) is 0.397. The first-order chi connectivity index (χ1) is 7.43. The number of nitrogens with zero attached hydrogens (tertiary/aromatic N) is 2. The Bertz CT molecular complexity index is 395. The van der Waals surface area contributed by atoms with Gasteiger partial charge in [-0.3, -0.25) is 4.79 Å². The van der Waals surface area contributed by atoms with Gasteiger partial charge in [0.05, 0.1) is 0 Å². The lowest BCUT2D eigenvalue weighted by molar-refractivity contribution is -0.119. The SMILES string of the molecule is CC(C)C(Nc1ncnc(N)c1Br)C(N)=O. The lowest BCUT2D eigenvalue weighted by Gasteiger charge is -2.20. The van der Waals surface area contributed by atoms with Crippen LogP contribution in [0.25, 0.3) is 0 Å². The predicted molar refractivity (Wildman–Crippen MR) is 65.6 cm³/mol. The number of halogens is 1. The number of hydrogen-bond acceptors (Lipinski definition) is 5. The quantitative estimate of drug-likeness (QED) is 0.757. The van der Waals surface area contributed by atoms with Crippen molar-refractivity contribution in [3.63, 3.8) is 0 Å². The molecule has 1 aromatic rings. The molecule has 7 heteroatoms. The van der Waals surface area contributed by atoms with Crippen molar-refractivity contribution in [2.75, 3.05) is 11.1 Å². The van der Waals surface area contributed by atoms with Crippen LogP contribution in [0.4, 0.5) is 11.6 Å². The molecule has 0 aliphatic rings. The van der Waals surface area contributed by atoms with Gasteiger partial charge in [0.1, 0.15) is 28.5 Å². The number of nitrogens with two attached hydrogens (primary N) is 2. The molecule has 1 atom stereocenters. The molecule has 0 radical (unpaired) electrons. The first-order valence-electron chi connectivity index (χ1n) is 4.75. The molecule has 1 unspecified atom stereocenters. The van der Waals surface area contributed by atoms with Gasteiger partial charge >= 0.3 is 0 Å². The summed E-state index contributed by atoms with van der Waals surface area (Å²) in [6.45, 7) is 3.78. The minimum atomic E-state index is -0.495. The molecule has 1 heterocycles. The Hall–Kier alpha value is -1.37. The van der Waals surface area contributed by atoms with Crippen LogP contribution in [0.1, 0.15) is 13.8 Å². The highest BCUT2D eigenvalue weighted by molar-refractivity contribution is 9.10. The van der Waals surface area contributed by atoms with Crippen molar-refractivity contribution in [2.45, 2.75) is 19.9 Å². The van der Waals surface area contributed by atoms with E-state index in [-0.39, 0.29) is 5.92 Å². The highest BCUT2D eigenvalue weighted by Gasteiger charge is 2.21. The first kappa shape index (κ1) is 12.7. The molecule has 0 aliphatic carbocycles. The third-order valence-corrected chi connectivity index (χ3v) is 2.86. The highest BCUT2D eigenvalue weighted by Crippen LogP contribution is 2.25. The van der Waals surface area contributed by atoms with Crippen molar-refractivity contribution in [1.29, 1.82) is 0 Å². The van der Waals surface area contributed by atoms with E-state index in [9.17, 15) is 4.79 Å². The molecule has 0 spiro atoms. The number of aromatic nitrogens is 2. The largest absolute Gasteiger partial charge is 0.383 e. The molecule has 1 rings (SSSR count). The van der Waals surface area contributed by atoms with E-state index in [4.69, 9.17) is 11.5 Å². The second-order valence-electron chi connectivity index (χ2n) is 3.69. The monoisotopic (exact) mass is 287 g/mol. The lowest BCUT2D eigenvalue weighted by atomic mass is 10.0. The van der Waals surface area contributed by atoms with E-state index in [2.05, 4.69) is 31.2 Å². The molecule has 5 N–H and O–H groups in total. The van der Waals surface area contributed by atoms with Crippen LogP contribution < -0.4 is 16.8 Å². The van der Waals surface area contributed by atoms with Gasteiger partial charge in [-0.1, -0.05) is 13.8 Å². The van der Waals surface area contributed by atoms with Crippen LogP contribution in [0.3, 0.4) is 0 Å². The second kappa shape index (κ2) is 5.11. The molecule has 0 aromatic carbocycles. The van der Waals surface area contributed by atoms with Crippen LogP contribution in [-0.4, -0.2) is 21.9 Å². The molecule has 0 bridgehead atoms. The Morgan fingerprint density at radius 2 is 2.12 bits per heavy atom. The van der Waals surface area contributed by atoms with Gasteiger partial charge in [0.2, 0.25) is 5.91 Å². The maximum absolute atomic E-state index is 11.2. The maximum Gasteiger partial charge on any atom is 0.240 e. The zero-order chi connectivity index (χ0) is 12.3. The number of anilines is 2. The number of nitrogens with one attached hydrogen (secondary N) is 1. The predicted octanol–water partition coefficient (Wildman–Crippen LogP) is 0.743. The third kappa shape index (κ3) is 2.82. The fourth-order valence-corrected chi connectivity index (χ4v) is 1.52. The van der Waals surface area contributed by atoms with Gasteiger partial charge in [-0.2, -0.15) is 0 Å². The van der Waals surface area contributed by atoms with Gasteiger partial charge in [0.25, 0.3) is 0 Å². The van der Waals surface area contributed by atoms with Gasteiger partial charge in [-0.05, 0) is 21.8 Å². The van der Waals surface area contributed by atoms with E-state index in [1.165, 1.54) is 6.33 Å². The van der Waals surface area contributed by atoms with Crippen molar-refractivity contribution in [2.24, 2.45) is 11.7 Å². The Morgan fingerprint density at radius 1 is 1.50 bits per heavy atom. The van der Waals surface area contributed by atoms with Crippen LogP contribution in [0.15, 0.2) is 10.8 Å². The van der Waals surface area contributed by atoms with Gasteiger partial charge in [-0.15, -0.1) is 0 Å². The number of nitrogen functional groups attached to an aromatic ring is 1. The summed E-state index contributed by atoms with van der Waals surface area (Å²) in [6.07, 6.45) is 1.32. The van der Waals surface area contributed by atoms with Crippen LogP contribution in [0.2, 0.25) is 0 Å². The lowest BCUT2D eigenvalue weighted by Crippen LogP contribution is -2.39. The van der Waals surface area contributed by atoms with Gasteiger partial charge in [0, 0.05) is 0 Å². The van der Waals surface area contributed by atoms with E-state index in [0.717, 1.165) is 0 Å². The minimum Gasteiger partial charge on any atom is -0.383 e. The summed E-state index contributed by atoms with van der Waals surface area (Å²) in [5.41, 5.74) is 10.9. The molecule has 16 heavy (non-hydrogen) atoms. The average molecular weight is 288 g/mol. The minimum absolute atomic E-state index is 0.0561.